The first kappa shape index (κ1) is 21.6. The highest BCUT2D eigenvalue weighted by molar-refractivity contribution is 5.95. The molecule has 0 radical (unpaired) electrons. The Bertz CT molecular complexity index is 531. The van der Waals surface area contributed by atoms with Crippen LogP contribution in [0.25, 0.3) is 0 Å². The van der Waals surface area contributed by atoms with Crippen molar-refractivity contribution in [1.82, 2.24) is 0 Å². The largest absolute Gasteiger partial charge is 0.490 e. The minimum atomic E-state index is -0.783. The second-order valence-corrected chi connectivity index (χ2v) is 4.07. The van der Waals surface area contributed by atoms with Gasteiger partial charge in [0.25, 0.3) is 5.69 Å². The van der Waals surface area contributed by atoms with Gasteiger partial charge in [-0.2, -0.15) is 0 Å². The lowest BCUT2D eigenvalue weighted by atomic mass is 10.1. The van der Waals surface area contributed by atoms with E-state index in [0.717, 1.165) is 6.07 Å². The molecule has 0 fully saturated rings. The molecule has 0 bridgehead atoms. The fourth-order valence-electron chi connectivity index (χ4n) is 1.69. The minimum absolute atomic E-state index is 0.114. The van der Waals surface area contributed by atoms with Crippen LogP contribution < -0.4 is 9.47 Å². The van der Waals surface area contributed by atoms with Crippen molar-refractivity contribution in [3.63, 3.8) is 0 Å². The number of nitrogens with zero attached hydrogens (tertiary/aromatic N) is 1. The first-order chi connectivity index (χ1) is 11.5. The van der Waals surface area contributed by atoms with Crippen molar-refractivity contribution in [2.45, 2.75) is 27.7 Å². The van der Waals surface area contributed by atoms with Gasteiger partial charge >= 0.3 is 5.97 Å². The van der Waals surface area contributed by atoms with Gasteiger partial charge in [0.05, 0.1) is 30.8 Å². The van der Waals surface area contributed by atoms with E-state index in [4.69, 9.17) is 18.9 Å². The molecule has 0 aliphatic carbocycles. The highest BCUT2D eigenvalue weighted by atomic mass is 16.6. The van der Waals surface area contributed by atoms with E-state index in [1.165, 1.54) is 13.2 Å². The van der Waals surface area contributed by atoms with E-state index in [0.29, 0.717) is 13.2 Å². The van der Waals surface area contributed by atoms with Crippen molar-refractivity contribution in [3.8, 4) is 11.5 Å². The van der Waals surface area contributed by atoms with E-state index in [-0.39, 0.29) is 36.0 Å². The Kier molecular flexibility index (Phi) is 10.9. The highest BCUT2D eigenvalue weighted by Crippen LogP contribution is 2.35. The smallest absolute Gasteiger partial charge is 0.345 e. The normalized spacial score (nSPS) is 9.54. The van der Waals surface area contributed by atoms with Gasteiger partial charge in [0.2, 0.25) is 0 Å². The molecular weight excluding hydrogens is 318 g/mol. The van der Waals surface area contributed by atoms with E-state index in [9.17, 15) is 14.9 Å². The number of hydrogen-bond acceptors (Lipinski definition) is 7. The number of nitro groups is 1. The van der Waals surface area contributed by atoms with Gasteiger partial charge in [-0.1, -0.05) is 13.8 Å². The first-order valence-corrected chi connectivity index (χ1v) is 7.79. The number of esters is 1. The predicted octanol–water partition coefficient (Wildman–Crippen LogP) is 3.22. The molecule has 0 aliphatic rings. The fraction of sp³-hybridized carbons (Fsp3) is 0.562. The molecule has 0 aliphatic heterocycles. The van der Waals surface area contributed by atoms with Gasteiger partial charge in [-0.15, -0.1) is 0 Å². The predicted molar refractivity (Wildman–Crippen MR) is 88.9 cm³/mol. The third kappa shape index (κ3) is 6.41. The SMILES string of the molecule is CC.CCOC(=O)c1cc(OCCOC)c(OCC)cc1[N+](=O)[O-]. The van der Waals surface area contributed by atoms with E-state index in [1.54, 1.807) is 13.8 Å². The lowest BCUT2D eigenvalue weighted by Crippen LogP contribution is -2.11. The Morgan fingerprint density at radius 3 is 2.21 bits per heavy atom. The molecule has 136 valence electrons. The standard InChI is InChI=1S/C14H19NO7.C2H6/c1-4-20-13-9-11(15(17)18)10(14(16)21-5-2)8-12(13)22-7-6-19-3;1-2/h8-9H,4-7H2,1-3H3;1-2H3. The molecule has 0 aromatic heterocycles. The van der Waals surface area contributed by atoms with E-state index in [1.807, 2.05) is 13.8 Å². The molecule has 1 aromatic rings. The number of nitro benzene ring substituents is 1. The summed E-state index contributed by atoms with van der Waals surface area (Å²) in [6.07, 6.45) is 0. The number of carbonyl (C=O) groups excluding carboxylic acids is 1. The second kappa shape index (κ2) is 12.1. The summed E-state index contributed by atoms with van der Waals surface area (Å²) in [5, 5.41) is 11.1. The van der Waals surface area contributed by atoms with Crippen LogP contribution in [0, 0.1) is 10.1 Å². The van der Waals surface area contributed by atoms with Crippen LogP contribution in [0.2, 0.25) is 0 Å². The third-order valence-electron chi connectivity index (χ3n) is 2.60. The van der Waals surface area contributed by atoms with Crippen LogP contribution in [-0.2, 0) is 9.47 Å². The molecule has 0 spiro atoms. The summed E-state index contributed by atoms with van der Waals surface area (Å²) in [4.78, 5) is 22.4. The summed E-state index contributed by atoms with van der Waals surface area (Å²) in [6.45, 7) is 8.33. The number of carbonyl (C=O) groups is 1. The van der Waals surface area contributed by atoms with Gasteiger partial charge in [0.1, 0.15) is 12.2 Å². The van der Waals surface area contributed by atoms with Crippen molar-refractivity contribution < 1.29 is 28.7 Å². The average molecular weight is 343 g/mol. The average Bonchev–Trinajstić information content (AvgIpc) is 2.58. The summed E-state index contributed by atoms with van der Waals surface area (Å²) in [5.41, 5.74) is -0.566. The molecule has 0 unspecified atom stereocenters. The Morgan fingerprint density at radius 2 is 1.71 bits per heavy atom. The van der Waals surface area contributed by atoms with E-state index in [2.05, 4.69) is 0 Å². The Labute approximate surface area is 141 Å². The number of ether oxygens (including phenoxy) is 4. The summed E-state index contributed by atoms with van der Waals surface area (Å²) in [6, 6.07) is 2.43. The Morgan fingerprint density at radius 1 is 1.08 bits per heavy atom. The van der Waals surface area contributed by atoms with Gasteiger partial charge < -0.3 is 18.9 Å². The summed E-state index contributed by atoms with van der Waals surface area (Å²) < 4.78 is 20.5. The molecule has 0 atom stereocenters. The maximum absolute atomic E-state index is 11.9. The fourth-order valence-corrected chi connectivity index (χ4v) is 1.69. The van der Waals surface area contributed by atoms with Crippen LogP contribution >= 0.6 is 0 Å². The van der Waals surface area contributed by atoms with Gasteiger partial charge in [-0.05, 0) is 13.8 Å². The van der Waals surface area contributed by atoms with Crippen LogP contribution in [0.3, 0.4) is 0 Å². The van der Waals surface area contributed by atoms with Gasteiger partial charge in [-0.3, -0.25) is 10.1 Å². The van der Waals surface area contributed by atoms with E-state index >= 15 is 0 Å². The zero-order valence-corrected chi connectivity index (χ0v) is 14.8. The number of benzene rings is 1. The van der Waals surface area contributed by atoms with E-state index < -0.39 is 10.9 Å². The van der Waals surface area contributed by atoms with Crippen LogP contribution in [0.5, 0.6) is 11.5 Å². The molecule has 1 rings (SSSR count). The topological polar surface area (TPSA) is 97.1 Å². The number of hydrogen-bond donors (Lipinski definition) is 0. The number of rotatable bonds is 9. The van der Waals surface area contributed by atoms with Crippen molar-refractivity contribution in [2.24, 2.45) is 0 Å². The van der Waals surface area contributed by atoms with Crippen molar-refractivity contribution in [3.05, 3.63) is 27.8 Å². The molecule has 0 saturated heterocycles. The summed E-state index contributed by atoms with van der Waals surface area (Å²) in [5.74, 6) is -0.361. The van der Waals surface area contributed by atoms with Gasteiger partial charge in [0, 0.05) is 13.2 Å². The molecular formula is C16H25NO7. The van der Waals surface area contributed by atoms with Crippen molar-refractivity contribution >= 4 is 11.7 Å². The lowest BCUT2D eigenvalue weighted by Gasteiger charge is -2.13. The summed E-state index contributed by atoms with van der Waals surface area (Å²) >= 11 is 0. The molecule has 0 amide bonds. The molecule has 8 heteroatoms. The minimum Gasteiger partial charge on any atom is -0.490 e. The Hall–Kier alpha value is -2.35. The molecule has 0 heterocycles. The molecule has 8 nitrogen and oxygen atoms in total. The molecule has 0 N–H and O–H groups in total. The maximum atomic E-state index is 11.9. The zero-order valence-electron chi connectivity index (χ0n) is 14.8. The maximum Gasteiger partial charge on any atom is 0.345 e. The first-order valence-electron chi connectivity index (χ1n) is 7.79. The lowest BCUT2D eigenvalue weighted by molar-refractivity contribution is -0.385. The number of methoxy groups -OCH3 is 1. The second-order valence-electron chi connectivity index (χ2n) is 4.07. The summed E-state index contributed by atoms with van der Waals surface area (Å²) in [7, 11) is 1.52. The van der Waals surface area contributed by atoms with Crippen LogP contribution in [0.15, 0.2) is 12.1 Å². The van der Waals surface area contributed by atoms with Crippen LogP contribution in [-0.4, -0.2) is 44.4 Å². The van der Waals surface area contributed by atoms with Gasteiger partial charge in [0.15, 0.2) is 11.5 Å². The van der Waals surface area contributed by atoms with Crippen molar-refractivity contribution in [2.75, 3.05) is 33.5 Å². The third-order valence-corrected chi connectivity index (χ3v) is 2.60. The molecule has 1 aromatic carbocycles. The zero-order chi connectivity index (χ0) is 18.5. The van der Waals surface area contributed by atoms with Crippen molar-refractivity contribution in [1.29, 1.82) is 0 Å². The quantitative estimate of drug-likeness (QED) is 0.294. The van der Waals surface area contributed by atoms with Crippen LogP contribution in [0.1, 0.15) is 38.1 Å². The monoisotopic (exact) mass is 343 g/mol. The Balaban J connectivity index is 0.00000254. The highest BCUT2D eigenvalue weighted by Gasteiger charge is 2.25. The molecule has 24 heavy (non-hydrogen) atoms. The molecule has 0 saturated carbocycles. The van der Waals surface area contributed by atoms with Crippen LogP contribution in [0.4, 0.5) is 5.69 Å². The van der Waals surface area contributed by atoms with Gasteiger partial charge in [-0.25, -0.2) is 4.79 Å².